The third kappa shape index (κ3) is 2.06. The number of hydrogen-bond acceptors (Lipinski definition) is 2. The quantitative estimate of drug-likeness (QED) is 0.719. The molecule has 0 aromatic carbocycles. The number of ketones is 1. The molecule has 1 saturated carbocycles. The molecule has 0 aromatic rings. The van der Waals surface area contributed by atoms with Crippen LogP contribution in [0.4, 0.5) is 0 Å². The van der Waals surface area contributed by atoms with Crippen molar-refractivity contribution in [3.8, 4) is 0 Å². The third-order valence-electron chi connectivity index (χ3n) is 8.05. The Bertz CT molecular complexity index is 611. The maximum Gasteiger partial charge on any atom is 0.155 e. The van der Waals surface area contributed by atoms with Gasteiger partial charge in [-0.1, -0.05) is 30.6 Å². The summed E-state index contributed by atoms with van der Waals surface area (Å²) in [6.07, 6.45) is 10.6. The Labute approximate surface area is 140 Å². The lowest BCUT2D eigenvalue weighted by Crippen LogP contribution is -2.44. The van der Waals surface area contributed by atoms with Gasteiger partial charge in [0.25, 0.3) is 0 Å². The molecule has 5 atom stereocenters. The smallest absolute Gasteiger partial charge is 0.155 e. The average molecular weight is 314 g/mol. The molecule has 126 valence electrons. The van der Waals surface area contributed by atoms with Gasteiger partial charge in [0.15, 0.2) is 5.78 Å². The minimum Gasteiger partial charge on any atom is -0.393 e. The topological polar surface area (TPSA) is 37.3 Å². The molecule has 4 aliphatic carbocycles. The van der Waals surface area contributed by atoms with Crippen molar-refractivity contribution >= 4 is 5.78 Å². The van der Waals surface area contributed by atoms with Crippen molar-refractivity contribution in [1.82, 2.24) is 0 Å². The number of allylic oxidation sites excluding steroid dienone is 3. The van der Waals surface area contributed by atoms with E-state index < -0.39 is 0 Å². The highest BCUT2D eigenvalue weighted by molar-refractivity contribution is 5.91. The van der Waals surface area contributed by atoms with E-state index in [1.807, 2.05) is 13.0 Å². The summed E-state index contributed by atoms with van der Waals surface area (Å²) in [6, 6.07) is 0. The number of fused-ring (bicyclic) bond motifs is 4. The maximum atomic E-state index is 11.8. The molecule has 2 nitrogen and oxygen atoms in total. The molecule has 23 heavy (non-hydrogen) atoms. The van der Waals surface area contributed by atoms with Gasteiger partial charge >= 0.3 is 0 Å². The van der Waals surface area contributed by atoms with Crippen LogP contribution in [-0.2, 0) is 4.79 Å². The Morgan fingerprint density at radius 3 is 2.65 bits per heavy atom. The van der Waals surface area contributed by atoms with Gasteiger partial charge in [0, 0.05) is 11.8 Å². The van der Waals surface area contributed by atoms with Crippen LogP contribution in [0.2, 0.25) is 0 Å². The summed E-state index contributed by atoms with van der Waals surface area (Å²) in [6.45, 7) is 6.67. The number of hydrogen-bond donors (Lipinski definition) is 1. The first-order valence-corrected chi connectivity index (χ1v) is 9.50. The Balaban J connectivity index is 1.71. The van der Waals surface area contributed by atoms with Crippen LogP contribution in [0.1, 0.15) is 72.1 Å². The van der Waals surface area contributed by atoms with E-state index in [9.17, 15) is 9.90 Å². The fourth-order valence-corrected chi connectivity index (χ4v) is 6.33. The van der Waals surface area contributed by atoms with E-state index in [4.69, 9.17) is 0 Å². The molecule has 0 aliphatic heterocycles. The number of rotatable bonds is 1. The fourth-order valence-electron chi connectivity index (χ4n) is 6.33. The maximum absolute atomic E-state index is 11.8. The summed E-state index contributed by atoms with van der Waals surface area (Å²) in [5, 5.41) is 10.3. The minimum absolute atomic E-state index is 0.0137. The van der Waals surface area contributed by atoms with Gasteiger partial charge < -0.3 is 5.11 Å². The van der Waals surface area contributed by atoms with Crippen molar-refractivity contribution in [2.45, 2.75) is 78.2 Å². The Hall–Kier alpha value is -0.890. The molecule has 4 aliphatic rings. The van der Waals surface area contributed by atoms with Gasteiger partial charge in [-0.2, -0.15) is 0 Å². The predicted octanol–water partition coefficient (Wildman–Crippen LogP) is 4.58. The zero-order valence-electron chi connectivity index (χ0n) is 14.8. The van der Waals surface area contributed by atoms with Crippen LogP contribution >= 0.6 is 0 Å². The second-order valence-corrected chi connectivity index (χ2v) is 8.94. The number of aliphatic hydroxyl groups excluding tert-OH is 1. The van der Waals surface area contributed by atoms with E-state index in [0.717, 1.165) is 32.1 Å². The van der Waals surface area contributed by atoms with Crippen molar-refractivity contribution in [2.24, 2.45) is 22.7 Å². The van der Waals surface area contributed by atoms with Crippen LogP contribution < -0.4 is 0 Å². The Kier molecular flexibility index (Phi) is 3.43. The summed E-state index contributed by atoms with van der Waals surface area (Å²) in [5.41, 5.74) is 4.99. The minimum atomic E-state index is -0.242. The van der Waals surface area contributed by atoms with Gasteiger partial charge in [-0.3, -0.25) is 4.79 Å². The van der Waals surface area contributed by atoms with Gasteiger partial charge in [0.2, 0.25) is 0 Å². The second kappa shape index (κ2) is 5.05. The molecule has 1 N–H and O–H groups in total. The second-order valence-electron chi connectivity index (χ2n) is 8.94. The molecule has 0 unspecified atom stereocenters. The largest absolute Gasteiger partial charge is 0.393 e. The lowest BCUT2D eigenvalue weighted by Gasteiger charge is -2.52. The first kappa shape index (κ1) is 15.6. The molecule has 0 spiro atoms. The lowest BCUT2D eigenvalue weighted by atomic mass is 9.52. The lowest BCUT2D eigenvalue weighted by molar-refractivity contribution is -0.116. The summed E-state index contributed by atoms with van der Waals surface area (Å²) >= 11 is 0. The van der Waals surface area contributed by atoms with Gasteiger partial charge in [-0.15, -0.1) is 0 Å². The SMILES string of the molecule is C[C@H](O)[C@]1(C)CCC2=C1CC[C@H]1[C@H]2CCC2=CC(=O)CC[C@@]21C. The summed E-state index contributed by atoms with van der Waals surface area (Å²) in [4.78, 5) is 11.8. The van der Waals surface area contributed by atoms with Crippen LogP contribution in [0.5, 0.6) is 0 Å². The average Bonchev–Trinajstić information content (AvgIpc) is 2.87. The molecule has 1 fully saturated rings. The van der Waals surface area contributed by atoms with Crippen LogP contribution in [0.3, 0.4) is 0 Å². The summed E-state index contributed by atoms with van der Waals surface area (Å²) in [7, 11) is 0. The highest BCUT2D eigenvalue weighted by Crippen LogP contribution is 2.62. The molecular formula is C21H30O2. The van der Waals surface area contributed by atoms with Crippen LogP contribution in [0.25, 0.3) is 0 Å². The highest BCUT2D eigenvalue weighted by Gasteiger charge is 2.52. The number of carbonyl (C=O) groups is 1. The zero-order chi connectivity index (χ0) is 16.4. The van der Waals surface area contributed by atoms with Gasteiger partial charge in [0.1, 0.15) is 0 Å². The molecular weight excluding hydrogens is 284 g/mol. The molecule has 0 amide bonds. The van der Waals surface area contributed by atoms with E-state index in [1.54, 1.807) is 11.1 Å². The van der Waals surface area contributed by atoms with Crippen molar-refractivity contribution in [1.29, 1.82) is 0 Å². The van der Waals surface area contributed by atoms with Gasteiger partial charge in [-0.05, 0) is 75.2 Å². The molecule has 2 heteroatoms. The molecule has 0 aromatic heterocycles. The van der Waals surface area contributed by atoms with Crippen LogP contribution in [0, 0.1) is 22.7 Å². The van der Waals surface area contributed by atoms with Crippen molar-refractivity contribution < 1.29 is 9.90 Å². The van der Waals surface area contributed by atoms with Crippen molar-refractivity contribution in [3.05, 3.63) is 22.8 Å². The fraction of sp³-hybridized carbons (Fsp3) is 0.762. The first-order chi connectivity index (χ1) is 10.9. The van der Waals surface area contributed by atoms with Crippen molar-refractivity contribution in [2.75, 3.05) is 0 Å². The van der Waals surface area contributed by atoms with Crippen molar-refractivity contribution in [3.63, 3.8) is 0 Å². The van der Waals surface area contributed by atoms with E-state index in [1.165, 1.54) is 24.8 Å². The van der Waals surface area contributed by atoms with Gasteiger partial charge in [0.05, 0.1) is 6.10 Å². The number of aliphatic hydroxyl groups is 1. The molecule has 0 heterocycles. The van der Waals surface area contributed by atoms with E-state index in [-0.39, 0.29) is 16.9 Å². The monoisotopic (exact) mass is 314 g/mol. The molecule has 4 rings (SSSR count). The van der Waals surface area contributed by atoms with Crippen LogP contribution in [0.15, 0.2) is 22.8 Å². The Morgan fingerprint density at radius 2 is 1.91 bits per heavy atom. The summed E-state index contributed by atoms with van der Waals surface area (Å²) < 4.78 is 0. The molecule has 0 radical (unpaired) electrons. The Morgan fingerprint density at radius 1 is 1.13 bits per heavy atom. The van der Waals surface area contributed by atoms with Gasteiger partial charge in [-0.25, -0.2) is 0 Å². The standard InChI is InChI=1S/C21H30O2/c1-13(22)20(2)11-9-17-16-5-4-14-12-15(23)8-10-21(14,3)19(16)7-6-18(17)20/h12-13,16,19,22H,4-11H2,1-3H3/t13-,16-,19-,20-,21-/m0/s1. The molecule has 0 bridgehead atoms. The first-order valence-electron chi connectivity index (χ1n) is 9.50. The third-order valence-corrected chi connectivity index (χ3v) is 8.05. The molecule has 0 saturated heterocycles. The predicted molar refractivity (Wildman–Crippen MR) is 91.9 cm³/mol. The van der Waals surface area contributed by atoms with E-state index in [0.29, 0.717) is 17.6 Å². The zero-order valence-corrected chi connectivity index (χ0v) is 14.8. The van der Waals surface area contributed by atoms with Crippen LogP contribution in [-0.4, -0.2) is 17.0 Å². The number of carbonyl (C=O) groups excluding carboxylic acids is 1. The normalized spacial score (nSPS) is 44.3. The summed E-state index contributed by atoms with van der Waals surface area (Å²) in [5.74, 6) is 1.76. The van der Waals surface area contributed by atoms with E-state index in [2.05, 4.69) is 13.8 Å². The highest BCUT2D eigenvalue weighted by atomic mass is 16.3. The van der Waals surface area contributed by atoms with E-state index >= 15 is 0 Å².